The lowest BCUT2D eigenvalue weighted by Crippen LogP contribution is -2.08. The van der Waals surface area contributed by atoms with E-state index >= 15 is 0 Å². The number of allylic oxidation sites excluding steroid dienone is 1. The van der Waals surface area contributed by atoms with E-state index < -0.39 is 5.97 Å². The summed E-state index contributed by atoms with van der Waals surface area (Å²) in [6.45, 7) is 16.9. The minimum absolute atomic E-state index is 0.0473. The van der Waals surface area contributed by atoms with E-state index in [1.807, 2.05) is 49.4 Å². The van der Waals surface area contributed by atoms with Crippen molar-refractivity contribution in [2.75, 3.05) is 26.4 Å². The van der Waals surface area contributed by atoms with Crippen LogP contribution in [0.15, 0.2) is 73.4 Å². The van der Waals surface area contributed by atoms with Gasteiger partial charge in [0, 0.05) is 17.2 Å². The summed E-state index contributed by atoms with van der Waals surface area (Å²) in [6.07, 6.45) is 9.51. The van der Waals surface area contributed by atoms with Crippen LogP contribution in [0.5, 0.6) is 0 Å². The number of esters is 3. The van der Waals surface area contributed by atoms with Gasteiger partial charge in [0.25, 0.3) is 0 Å². The first-order valence-corrected chi connectivity index (χ1v) is 12.0. The Kier molecular flexibility index (Phi) is 23.8. The lowest BCUT2D eigenvalue weighted by Gasteiger charge is -2.04. The quantitative estimate of drug-likeness (QED) is 0.153. The Bertz CT molecular complexity index is 808. The van der Waals surface area contributed by atoms with E-state index in [0.29, 0.717) is 30.8 Å². The van der Waals surface area contributed by atoms with Crippen LogP contribution >= 0.6 is 0 Å². The van der Waals surface area contributed by atoms with Gasteiger partial charge in [-0.15, -0.1) is 0 Å². The molecule has 36 heavy (non-hydrogen) atoms. The molecule has 0 amide bonds. The molecule has 1 rings (SSSR count). The maximum atomic E-state index is 11.5. The van der Waals surface area contributed by atoms with E-state index in [0.717, 1.165) is 31.2 Å². The summed E-state index contributed by atoms with van der Waals surface area (Å²) in [6, 6.07) is 9.96. The monoisotopic (exact) mass is 502 g/mol. The molecule has 0 unspecified atom stereocenters. The molecule has 0 aliphatic carbocycles. The van der Waals surface area contributed by atoms with Gasteiger partial charge in [-0.2, -0.15) is 0 Å². The van der Waals surface area contributed by atoms with Crippen LogP contribution < -0.4 is 0 Å². The fourth-order valence-corrected chi connectivity index (χ4v) is 2.03. The maximum Gasteiger partial charge on any atom is 0.333 e. The maximum absolute atomic E-state index is 11.5. The smallest absolute Gasteiger partial charge is 0.333 e. The third-order valence-corrected chi connectivity index (χ3v) is 4.08. The first-order valence-electron chi connectivity index (χ1n) is 12.0. The van der Waals surface area contributed by atoms with Gasteiger partial charge < -0.3 is 19.3 Å². The molecule has 0 radical (unpaired) electrons. The second-order valence-corrected chi connectivity index (χ2v) is 7.48. The zero-order chi connectivity index (χ0) is 27.6. The van der Waals surface area contributed by atoms with Gasteiger partial charge in [-0.3, -0.25) is 0 Å². The molecular formula is C29H42O7. The molecule has 1 N–H and O–H groups in total. The van der Waals surface area contributed by atoms with E-state index in [9.17, 15) is 14.4 Å². The van der Waals surface area contributed by atoms with Crippen molar-refractivity contribution in [1.82, 2.24) is 0 Å². The lowest BCUT2D eigenvalue weighted by atomic mass is 10.1. The van der Waals surface area contributed by atoms with Crippen molar-refractivity contribution in [3.05, 3.63) is 78.9 Å². The number of rotatable bonds is 14. The summed E-state index contributed by atoms with van der Waals surface area (Å²) in [5.74, 6) is -1.08. The second-order valence-electron chi connectivity index (χ2n) is 7.48. The Morgan fingerprint density at radius 3 is 1.94 bits per heavy atom. The summed E-state index contributed by atoms with van der Waals surface area (Å²) in [4.78, 5) is 32.3. The highest BCUT2D eigenvalue weighted by Crippen LogP contribution is 2.07. The van der Waals surface area contributed by atoms with Gasteiger partial charge in [-0.1, -0.05) is 88.9 Å². The van der Waals surface area contributed by atoms with Gasteiger partial charge >= 0.3 is 17.9 Å². The van der Waals surface area contributed by atoms with Gasteiger partial charge in [-0.05, 0) is 31.7 Å². The highest BCUT2D eigenvalue weighted by molar-refractivity contribution is 5.88. The molecule has 0 spiro atoms. The minimum atomic E-state index is -0.455. The minimum Gasteiger partial charge on any atom is -0.463 e. The second kappa shape index (κ2) is 24.7. The van der Waals surface area contributed by atoms with Crippen molar-refractivity contribution < 1.29 is 33.7 Å². The predicted molar refractivity (Wildman–Crippen MR) is 144 cm³/mol. The molecule has 0 aliphatic heterocycles. The number of carbonyl (C=O) groups is 3. The van der Waals surface area contributed by atoms with Crippen LogP contribution in [0.4, 0.5) is 0 Å². The molecule has 200 valence electrons. The first-order chi connectivity index (χ1) is 17.2. The molecule has 0 atom stereocenters. The van der Waals surface area contributed by atoms with Crippen LogP contribution in [0, 0.1) is 0 Å². The third kappa shape index (κ3) is 22.3. The predicted octanol–water partition coefficient (Wildman–Crippen LogP) is 5.60. The van der Waals surface area contributed by atoms with E-state index in [1.165, 1.54) is 6.08 Å². The number of carbonyl (C=O) groups excluding carboxylic acids is 3. The number of ether oxygens (including phenoxy) is 3. The average molecular weight is 503 g/mol. The number of hydrogen-bond donors (Lipinski definition) is 1. The Morgan fingerprint density at radius 1 is 0.889 bits per heavy atom. The number of benzene rings is 1. The molecule has 0 heterocycles. The van der Waals surface area contributed by atoms with Gasteiger partial charge in [0.05, 0.1) is 19.8 Å². The van der Waals surface area contributed by atoms with Crippen molar-refractivity contribution in [2.24, 2.45) is 0 Å². The molecule has 0 aromatic heterocycles. The van der Waals surface area contributed by atoms with Crippen molar-refractivity contribution >= 4 is 24.0 Å². The molecule has 0 saturated carbocycles. The molecule has 1 aromatic carbocycles. The topological polar surface area (TPSA) is 99.1 Å². The van der Waals surface area contributed by atoms with E-state index in [4.69, 9.17) is 9.84 Å². The summed E-state index contributed by atoms with van der Waals surface area (Å²) in [5.41, 5.74) is 1.96. The largest absolute Gasteiger partial charge is 0.463 e. The van der Waals surface area contributed by atoms with Gasteiger partial charge in [0.2, 0.25) is 0 Å². The number of hydrogen-bond acceptors (Lipinski definition) is 7. The summed E-state index contributed by atoms with van der Waals surface area (Å²) in [7, 11) is 0. The molecule has 0 aliphatic rings. The van der Waals surface area contributed by atoms with Gasteiger partial charge in [0.1, 0.15) is 6.61 Å². The number of aliphatic hydroxyl groups excluding tert-OH is 1. The fraction of sp³-hybridized carbons (Fsp3) is 0.414. The van der Waals surface area contributed by atoms with Crippen LogP contribution in [0.1, 0.15) is 58.4 Å². The lowest BCUT2D eigenvalue weighted by molar-refractivity contribution is -0.140. The molecule has 0 saturated heterocycles. The molecule has 7 nitrogen and oxygen atoms in total. The van der Waals surface area contributed by atoms with E-state index in [2.05, 4.69) is 36.1 Å². The normalized spacial score (nSPS) is 9.56. The average Bonchev–Trinajstić information content (AvgIpc) is 2.88. The Morgan fingerprint density at radius 2 is 1.44 bits per heavy atom. The molecular weight excluding hydrogens is 460 g/mol. The third-order valence-electron chi connectivity index (χ3n) is 4.08. The van der Waals surface area contributed by atoms with E-state index in [-0.39, 0.29) is 25.2 Å². The van der Waals surface area contributed by atoms with Crippen molar-refractivity contribution in [3.8, 4) is 0 Å². The van der Waals surface area contributed by atoms with Crippen LogP contribution in [0.3, 0.4) is 0 Å². The van der Waals surface area contributed by atoms with Crippen molar-refractivity contribution in [1.29, 1.82) is 0 Å². The van der Waals surface area contributed by atoms with Crippen LogP contribution in [-0.4, -0.2) is 49.4 Å². The van der Waals surface area contributed by atoms with Crippen molar-refractivity contribution in [3.63, 3.8) is 0 Å². The van der Waals surface area contributed by atoms with Gasteiger partial charge in [-0.25, -0.2) is 14.4 Å². The Hall–Kier alpha value is -3.45. The molecule has 1 aromatic rings. The Balaban J connectivity index is 0. The first kappa shape index (κ1) is 34.7. The Labute approximate surface area is 216 Å². The van der Waals surface area contributed by atoms with Crippen LogP contribution in [0.25, 0.3) is 6.08 Å². The zero-order valence-corrected chi connectivity index (χ0v) is 22.0. The van der Waals surface area contributed by atoms with E-state index in [1.54, 1.807) is 6.92 Å². The standard InChI is InChI=1S/C16H20O2.C7H12O2.C6H10O3/c1-3-4-13-18-16(17)14(2)9-8-12-15-10-6-5-7-11-15;1-3-5-6-9-7(8)4-2;1-5(2)6(8)9-4-3-7/h5-8,10-12H,2-4,9,13H2,1H3;4H,2-3,5-6H2,1H3;7H,1,3-4H2,2H3. The number of unbranched alkanes of at least 4 members (excludes halogenated alkanes) is 2. The molecule has 7 heteroatoms. The van der Waals surface area contributed by atoms with Gasteiger partial charge in [0.15, 0.2) is 0 Å². The summed E-state index contributed by atoms with van der Waals surface area (Å²) < 4.78 is 14.2. The summed E-state index contributed by atoms with van der Waals surface area (Å²) >= 11 is 0. The summed E-state index contributed by atoms with van der Waals surface area (Å²) in [5, 5.41) is 8.19. The highest BCUT2D eigenvalue weighted by atomic mass is 16.5. The zero-order valence-electron chi connectivity index (χ0n) is 22.0. The molecule has 0 fully saturated rings. The number of aliphatic hydroxyl groups is 1. The highest BCUT2D eigenvalue weighted by Gasteiger charge is 2.05. The molecule has 0 bridgehead atoms. The SMILES string of the molecule is C=C(C)C(=O)OCCO.C=C(CC=Cc1ccccc1)C(=O)OCCCC.C=CC(=O)OCCCC. The van der Waals surface area contributed by atoms with Crippen molar-refractivity contribution in [2.45, 2.75) is 52.9 Å². The van der Waals surface area contributed by atoms with Crippen LogP contribution in [0.2, 0.25) is 0 Å². The van der Waals surface area contributed by atoms with Crippen LogP contribution in [-0.2, 0) is 28.6 Å². The fourth-order valence-electron chi connectivity index (χ4n) is 2.03.